The molecule has 0 radical (unpaired) electrons. The van der Waals surface area contributed by atoms with E-state index in [4.69, 9.17) is 0 Å². The van der Waals surface area contributed by atoms with Gasteiger partial charge >= 0.3 is 0 Å². The largest absolute Gasteiger partial charge is 0.309 e. The Morgan fingerprint density at radius 2 is 2.31 bits per heavy atom. The van der Waals surface area contributed by atoms with E-state index in [0.29, 0.717) is 6.04 Å². The van der Waals surface area contributed by atoms with Crippen LogP contribution in [0.4, 0.5) is 0 Å². The monoisotopic (exact) mass is 221 g/mol. The van der Waals surface area contributed by atoms with Crippen LogP contribution in [0.3, 0.4) is 0 Å². The van der Waals surface area contributed by atoms with E-state index in [1.165, 1.54) is 11.4 Å². The summed E-state index contributed by atoms with van der Waals surface area (Å²) in [5.41, 5.74) is 2.44. The average molecular weight is 221 g/mol. The van der Waals surface area contributed by atoms with Crippen molar-refractivity contribution in [2.75, 3.05) is 6.54 Å². The molecule has 16 heavy (non-hydrogen) atoms. The molecule has 0 saturated carbocycles. The number of nitrogens with one attached hydrogen (secondary N) is 1. The first kappa shape index (κ1) is 13.0. The molecular weight excluding hydrogens is 198 g/mol. The van der Waals surface area contributed by atoms with Crippen LogP contribution in [0, 0.1) is 0 Å². The minimum absolute atomic E-state index is 0.390. The summed E-state index contributed by atoms with van der Waals surface area (Å²) in [6.07, 6.45) is 5.08. The molecule has 1 aromatic heterocycles. The van der Waals surface area contributed by atoms with Crippen LogP contribution in [0.25, 0.3) is 0 Å². The van der Waals surface area contributed by atoms with Gasteiger partial charge in [0.15, 0.2) is 0 Å². The van der Waals surface area contributed by atoms with Crippen LogP contribution < -0.4 is 5.32 Å². The third kappa shape index (κ3) is 3.20. The van der Waals surface area contributed by atoms with E-state index in [2.05, 4.69) is 36.9 Å². The highest BCUT2D eigenvalue weighted by molar-refractivity contribution is 5.14. The highest BCUT2D eigenvalue weighted by Gasteiger charge is 2.14. The van der Waals surface area contributed by atoms with Gasteiger partial charge < -0.3 is 5.32 Å². The Hall–Kier alpha value is -1.09. The van der Waals surface area contributed by atoms with Crippen molar-refractivity contribution in [1.29, 1.82) is 0 Å². The molecule has 1 atom stereocenters. The molecule has 90 valence electrons. The fourth-order valence-corrected chi connectivity index (χ4v) is 1.93. The topological polar surface area (TPSA) is 29.9 Å². The fraction of sp³-hybridized carbons (Fsp3) is 0.615. The van der Waals surface area contributed by atoms with E-state index < -0.39 is 0 Å². The first-order chi connectivity index (χ1) is 7.72. The molecule has 1 rings (SSSR count). The van der Waals surface area contributed by atoms with Gasteiger partial charge in [0.25, 0.3) is 0 Å². The third-order valence-corrected chi connectivity index (χ3v) is 2.80. The van der Waals surface area contributed by atoms with Gasteiger partial charge in [0.2, 0.25) is 0 Å². The lowest BCUT2D eigenvalue weighted by molar-refractivity contribution is 0.483. The Labute approximate surface area is 98.5 Å². The van der Waals surface area contributed by atoms with E-state index >= 15 is 0 Å². The number of aromatic nitrogens is 2. The maximum atomic E-state index is 4.49. The molecule has 3 heteroatoms. The van der Waals surface area contributed by atoms with Crippen molar-refractivity contribution in [2.45, 2.75) is 39.2 Å². The van der Waals surface area contributed by atoms with Crippen LogP contribution in [0.2, 0.25) is 0 Å². The second-order valence-electron chi connectivity index (χ2n) is 4.01. The van der Waals surface area contributed by atoms with Crippen molar-refractivity contribution < 1.29 is 0 Å². The predicted octanol–water partition coefficient (Wildman–Crippen LogP) is 2.60. The molecule has 0 amide bonds. The zero-order chi connectivity index (χ0) is 12.0. The molecule has 0 aliphatic rings. The standard InChI is InChI=1S/C13H23N3/c1-5-8-9-12(14-7-3)13-10-11(6-2)15-16(13)4/h5,10,12,14H,1,6-9H2,2-4H3. The molecule has 0 aliphatic carbocycles. The quantitative estimate of drug-likeness (QED) is 0.717. The fourth-order valence-electron chi connectivity index (χ4n) is 1.93. The zero-order valence-electron chi connectivity index (χ0n) is 10.7. The number of hydrogen-bond donors (Lipinski definition) is 1. The second kappa shape index (κ2) is 6.48. The Morgan fingerprint density at radius 1 is 1.56 bits per heavy atom. The zero-order valence-corrected chi connectivity index (χ0v) is 10.7. The van der Waals surface area contributed by atoms with E-state index in [-0.39, 0.29) is 0 Å². The van der Waals surface area contributed by atoms with Gasteiger partial charge in [-0.1, -0.05) is 19.9 Å². The summed E-state index contributed by atoms with van der Waals surface area (Å²) < 4.78 is 2.00. The van der Waals surface area contributed by atoms with Crippen LogP contribution in [-0.4, -0.2) is 16.3 Å². The van der Waals surface area contributed by atoms with Crippen molar-refractivity contribution >= 4 is 0 Å². The summed E-state index contributed by atoms with van der Waals surface area (Å²) in [7, 11) is 2.02. The summed E-state index contributed by atoms with van der Waals surface area (Å²) in [5.74, 6) is 0. The predicted molar refractivity (Wildman–Crippen MR) is 68.4 cm³/mol. The van der Waals surface area contributed by atoms with Crippen LogP contribution in [0.1, 0.15) is 44.1 Å². The van der Waals surface area contributed by atoms with Gasteiger partial charge in [0.05, 0.1) is 11.4 Å². The normalized spacial score (nSPS) is 12.7. The summed E-state index contributed by atoms with van der Waals surface area (Å²) in [6, 6.07) is 2.59. The van der Waals surface area contributed by atoms with Crippen molar-refractivity contribution in [3.05, 3.63) is 30.1 Å². The third-order valence-electron chi connectivity index (χ3n) is 2.80. The molecule has 0 aliphatic heterocycles. The van der Waals surface area contributed by atoms with Crippen molar-refractivity contribution in [3.8, 4) is 0 Å². The van der Waals surface area contributed by atoms with Gasteiger partial charge in [-0.3, -0.25) is 4.68 Å². The van der Waals surface area contributed by atoms with Crippen molar-refractivity contribution in [1.82, 2.24) is 15.1 Å². The molecule has 3 nitrogen and oxygen atoms in total. The molecular formula is C13H23N3. The van der Waals surface area contributed by atoms with Gasteiger partial charge in [-0.05, 0) is 31.9 Å². The van der Waals surface area contributed by atoms with E-state index in [9.17, 15) is 0 Å². The molecule has 0 aromatic carbocycles. The van der Waals surface area contributed by atoms with Gasteiger partial charge in [-0.2, -0.15) is 5.10 Å². The minimum atomic E-state index is 0.390. The van der Waals surface area contributed by atoms with Gasteiger partial charge in [0, 0.05) is 13.1 Å². The number of allylic oxidation sites excluding steroid dienone is 1. The maximum Gasteiger partial charge on any atom is 0.0625 e. The lowest BCUT2D eigenvalue weighted by Gasteiger charge is -2.17. The molecule has 1 heterocycles. The number of rotatable bonds is 7. The van der Waals surface area contributed by atoms with Gasteiger partial charge in [0.1, 0.15) is 0 Å². The van der Waals surface area contributed by atoms with Crippen molar-refractivity contribution in [2.24, 2.45) is 7.05 Å². The lowest BCUT2D eigenvalue weighted by Crippen LogP contribution is -2.23. The first-order valence-electron chi connectivity index (χ1n) is 6.10. The summed E-state index contributed by atoms with van der Waals surface area (Å²) >= 11 is 0. The first-order valence-corrected chi connectivity index (χ1v) is 6.10. The van der Waals surface area contributed by atoms with Crippen LogP contribution in [0.15, 0.2) is 18.7 Å². The van der Waals surface area contributed by atoms with Crippen LogP contribution >= 0.6 is 0 Å². The van der Waals surface area contributed by atoms with E-state index in [0.717, 1.165) is 25.8 Å². The summed E-state index contributed by atoms with van der Waals surface area (Å²) in [5, 5.41) is 7.99. The molecule has 0 spiro atoms. The van der Waals surface area contributed by atoms with Gasteiger partial charge in [-0.15, -0.1) is 6.58 Å². The minimum Gasteiger partial charge on any atom is -0.309 e. The second-order valence-corrected chi connectivity index (χ2v) is 4.01. The van der Waals surface area contributed by atoms with Crippen LogP contribution in [0.5, 0.6) is 0 Å². The van der Waals surface area contributed by atoms with Crippen molar-refractivity contribution in [3.63, 3.8) is 0 Å². The SMILES string of the molecule is C=CCCC(NCC)c1cc(CC)nn1C. The smallest absolute Gasteiger partial charge is 0.0625 e. The Balaban J connectivity index is 2.81. The Kier molecular flexibility index (Phi) is 5.26. The van der Waals surface area contributed by atoms with E-state index in [1.54, 1.807) is 0 Å². The van der Waals surface area contributed by atoms with Crippen LogP contribution in [-0.2, 0) is 13.5 Å². The number of hydrogen-bond acceptors (Lipinski definition) is 2. The number of aryl methyl sites for hydroxylation is 2. The highest BCUT2D eigenvalue weighted by atomic mass is 15.3. The molecule has 1 N–H and O–H groups in total. The summed E-state index contributed by atoms with van der Waals surface area (Å²) in [6.45, 7) is 9.03. The lowest BCUT2D eigenvalue weighted by atomic mass is 10.1. The molecule has 1 aromatic rings. The highest BCUT2D eigenvalue weighted by Crippen LogP contribution is 2.19. The van der Waals surface area contributed by atoms with E-state index in [1.807, 2.05) is 17.8 Å². The molecule has 0 fully saturated rings. The Morgan fingerprint density at radius 3 is 2.81 bits per heavy atom. The van der Waals surface area contributed by atoms with Gasteiger partial charge in [-0.25, -0.2) is 0 Å². The number of nitrogens with zero attached hydrogens (tertiary/aromatic N) is 2. The maximum absolute atomic E-state index is 4.49. The molecule has 1 unspecified atom stereocenters. The molecule has 0 saturated heterocycles. The molecule has 0 bridgehead atoms. The Bertz CT molecular complexity index is 328. The average Bonchev–Trinajstić information content (AvgIpc) is 2.66. The summed E-state index contributed by atoms with van der Waals surface area (Å²) in [4.78, 5) is 0.